The van der Waals surface area contributed by atoms with E-state index in [1.807, 2.05) is 5.38 Å². The van der Waals surface area contributed by atoms with Gasteiger partial charge in [-0.25, -0.2) is 13.4 Å². The minimum absolute atomic E-state index is 0.139. The average molecular weight is 423 g/mol. The van der Waals surface area contributed by atoms with E-state index < -0.39 is 16.2 Å². The molecule has 1 aliphatic heterocycles. The summed E-state index contributed by atoms with van der Waals surface area (Å²) in [6.07, 6.45) is 0.638. The van der Waals surface area contributed by atoms with Crippen LogP contribution in [0.5, 0.6) is 0 Å². The molecule has 1 amide bonds. The second-order valence-corrected chi connectivity index (χ2v) is 8.89. The smallest absolute Gasteiger partial charge is 0.247 e. The van der Waals surface area contributed by atoms with Gasteiger partial charge in [0.25, 0.3) is 0 Å². The number of amides is 1. The largest absolute Gasteiger partial charge is 0.379 e. The van der Waals surface area contributed by atoms with Crippen LogP contribution in [-0.4, -0.2) is 61.9 Å². The quantitative estimate of drug-likeness (QED) is 0.686. The molecule has 28 heavy (non-hydrogen) atoms. The summed E-state index contributed by atoms with van der Waals surface area (Å²) in [6, 6.07) is 6.05. The second kappa shape index (κ2) is 8.93. The number of hydrogen-bond acceptors (Lipinski definition) is 7. The number of nitrogens with one attached hydrogen (secondary N) is 1. The fourth-order valence-corrected chi connectivity index (χ4v) is 4.86. The highest BCUT2D eigenvalue weighted by Crippen LogP contribution is 2.30. The normalized spacial score (nSPS) is 16.6. The number of carbonyl (C=O) groups excluding carboxylic acids is 1. The monoisotopic (exact) mass is 422 g/mol. The van der Waals surface area contributed by atoms with E-state index >= 15 is 0 Å². The van der Waals surface area contributed by atoms with E-state index in [1.54, 1.807) is 24.7 Å². The van der Waals surface area contributed by atoms with Crippen LogP contribution in [0.4, 0.5) is 5.69 Å². The van der Waals surface area contributed by atoms with Crippen LogP contribution >= 0.6 is 11.3 Å². The molecule has 0 aliphatic carbocycles. The summed E-state index contributed by atoms with van der Waals surface area (Å²) in [5.74, 6) is -0.358. The third kappa shape index (κ3) is 4.47. The standard InChI is InChI=1S/C18H22N4O4S2/c1-3-17(23)20-14-4-6-15(7-5-14)28(24,25)21(2)18(16-12-27-13-19-16)22-8-10-26-11-9-22/h3-7,12-13,18H,1,8-11H2,2H3,(H,20,23). The number of morpholine rings is 1. The molecular weight excluding hydrogens is 400 g/mol. The van der Waals surface area contributed by atoms with Crippen molar-refractivity contribution in [2.24, 2.45) is 0 Å². The van der Waals surface area contributed by atoms with Crippen LogP contribution in [0.15, 0.2) is 52.7 Å². The highest BCUT2D eigenvalue weighted by atomic mass is 32.2. The molecule has 8 nitrogen and oxygen atoms in total. The lowest BCUT2D eigenvalue weighted by atomic mass is 10.3. The number of hydrogen-bond donors (Lipinski definition) is 1. The number of ether oxygens (including phenoxy) is 1. The molecule has 0 bridgehead atoms. The van der Waals surface area contributed by atoms with Gasteiger partial charge in [-0.2, -0.15) is 4.31 Å². The first-order valence-electron chi connectivity index (χ1n) is 8.65. The SMILES string of the molecule is C=CC(=O)Nc1ccc(S(=O)(=O)N(C)C(c2cscn2)N2CCOCC2)cc1. The third-order valence-corrected chi connectivity index (χ3v) is 6.87. The highest BCUT2D eigenvalue weighted by Gasteiger charge is 2.35. The lowest BCUT2D eigenvalue weighted by Gasteiger charge is -2.38. The van der Waals surface area contributed by atoms with Gasteiger partial charge in [0.05, 0.1) is 29.3 Å². The second-order valence-electron chi connectivity index (χ2n) is 6.17. The Hall–Kier alpha value is -2.11. The highest BCUT2D eigenvalue weighted by molar-refractivity contribution is 7.89. The average Bonchev–Trinajstić information content (AvgIpc) is 3.23. The number of anilines is 1. The van der Waals surface area contributed by atoms with Crippen molar-refractivity contribution in [2.45, 2.75) is 11.1 Å². The lowest BCUT2D eigenvalue weighted by Crippen LogP contribution is -2.47. The summed E-state index contributed by atoms with van der Waals surface area (Å²) in [7, 11) is -2.22. The maximum absolute atomic E-state index is 13.2. The van der Waals surface area contributed by atoms with Gasteiger partial charge in [0.2, 0.25) is 15.9 Å². The summed E-state index contributed by atoms with van der Waals surface area (Å²) in [5.41, 5.74) is 2.88. The Balaban J connectivity index is 1.87. The van der Waals surface area contributed by atoms with Crippen molar-refractivity contribution in [3.8, 4) is 0 Å². The Labute approximate surface area is 168 Å². The molecule has 1 aliphatic rings. The molecule has 0 spiro atoms. The first-order valence-corrected chi connectivity index (χ1v) is 11.0. The Morgan fingerprint density at radius 2 is 2.04 bits per heavy atom. The van der Waals surface area contributed by atoms with E-state index in [1.165, 1.54) is 27.8 Å². The van der Waals surface area contributed by atoms with E-state index in [9.17, 15) is 13.2 Å². The van der Waals surface area contributed by atoms with E-state index in [0.29, 0.717) is 37.7 Å². The Bertz CT molecular complexity index is 908. The molecule has 1 N–H and O–H groups in total. The topological polar surface area (TPSA) is 91.8 Å². The molecule has 0 radical (unpaired) electrons. The maximum atomic E-state index is 13.2. The van der Waals surface area contributed by atoms with Crippen molar-refractivity contribution in [3.05, 3.63) is 53.5 Å². The van der Waals surface area contributed by atoms with Gasteiger partial charge >= 0.3 is 0 Å². The van der Waals surface area contributed by atoms with E-state index in [4.69, 9.17) is 4.74 Å². The van der Waals surface area contributed by atoms with Gasteiger partial charge < -0.3 is 10.1 Å². The Morgan fingerprint density at radius 3 is 2.61 bits per heavy atom. The van der Waals surface area contributed by atoms with Crippen LogP contribution in [0.25, 0.3) is 0 Å². The van der Waals surface area contributed by atoms with Gasteiger partial charge in [-0.15, -0.1) is 11.3 Å². The summed E-state index contributed by atoms with van der Waals surface area (Å²) in [6.45, 7) is 5.73. The minimum Gasteiger partial charge on any atom is -0.379 e. The van der Waals surface area contributed by atoms with E-state index in [0.717, 1.165) is 6.08 Å². The molecule has 1 atom stereocenters. The summed E-state index contributed by atoms with van der Waals surface area (Å²) in [5, 5.41) is 4.46. The molecule has 1 aromatic carbocycles. The van der Waals surface area contributed by atoms with Crippen molar-refractivity contribution in [3.63, 3.8) is 0 Å². The number of sulfonamides is 1. The molecule has 10 heteroatoms. The zero-order valence-corrected chi connectivity index (χ0v) is 17.1. The lowest BCUT2D eigenvalue weighted by molar-refractivity contribution is -0.111. The van der Waals surface area contributed by atoms with Crippen LogP contribution < -0.4 is 5.32 Å². The number of benzene rings is 1. The van der Waals surface area contributed by atoms with Crippen molar-refractivity contribution in [2.75, 3.05) is 38.7 Å². The zero-order chi connectivity index (χ0) is 20.1. The fourth-order valence-electron chi connectivity index (χ4n) is 2.98. The molecule has 2 aromatic rings. The van der Waals surface area contributed by atoms with Gasteiger partial charge in [0.15, 0.2) is 0 Å². The third-order valence-electron chi connectivity index (χ3n) is 4.44. The Morgan fingerprint density at radius 1 is 1.36 bits per heavy atom. The molecule has 3 rings (SSSR count). The fraction of sp³-hybridized carbons (Fsp3) is 0.333. The molecule has 2 heterocycles. The molecule has 1 aromatic heterocycles. The number of carbonyl (C=O) groups is 1. The van der Waals surface area contributed by atoms with E-state index in [2.05, 4.69) is 21.8 Å². The molecule has 0 saturated carbocycles. The van der Waals surface area contributed by atoms with Crippen LogP contribution in [0, 0.1) is 0 Å². The molecule has 1 fully saturated rings. The summed E-state index contributed by atoms with van der Waals surface area (Å²) < 4.78 is 33.2. The number of nitrogens with zero attached hydrogens (tertiary/aromatic N) is 3. The van der Waals surface area contributed by atoms with Crippen molar-refractivity contribution >= 4 is 33.0 Å². The van der Waals surface area contributed by atoms with Gasteiger partial charge in [0, 0.05) is 31.2 Å². The van der Waals surface area contributed by atoms with Crippen molar-refractivity contribution < 1.29 is 17.9 Å². The zero-order valence-electron chi connectivity index (χ0n) is 15.4. The van der Waals surface area contributed by atoms with Crippen molar-refractivity contribution in [1.29, 1.82) is 0 Å². The predicted molar refractivity (Wildman–Crippen MR) is 107 cm³/mol. The number of aromatic nitrogens is 1. The number of thiazole rings is 1. The van der Waals surface area contributed by atoms with E-state index in [-0.39, 0.29) is 10.8 Å². The maximum Gasteiger partial charge on any atom is 0.247 e. The molecule has 150 valence electrons. The van der Waals surface area contributed by atoms with Crippen LogP contribution in [0.2, 0.25) is 0 Å². The van der Waals surface area contributed by atoms with Gasteiger partial charge in [-0.1, -0.05) is 6.58 Å². The van der Waals surface area contributed by atoms with Crippen LogP contribution in [-0.2, 0) is 19.6 Å². The molecule has 1 unspecified atom stereocenters. The first kappa shape index (κ1) is 20.6. The van der Waals surface area contributed by atoms with Gasteiger partial charge in [-0.3, -0.25) is 9.69 Å². The van der Waals surface area contributed by atoms with Gasteiger partial charge in [-0.05, 0) is 30.3 Å². The molecular formula is C18H22N4O4S2. The van der Waals surface area contributed by atoms with Crippen LogP contribution in [0.3, 0.4) is 0 Å². The van der Waals surface area contributed by atoms with Crippen molar-refractivity contribution in [1.82, 2.24) is 14.2 Å². The Kier molecular flexibility index (Phi) is 6.57. The van der Waals surface area contributed by atoms with Crippen LogP contribution in [0.1, 0.15) is 11.9 Å². The first-order chi connectivity index (χ1) is 13.4. The predicted octanol–water partition coefficient (Wildman–Crippen LogP) is 1.92. The van der Waals surface area contributed by atoms with Gasteiger partial charge in [0.1, 0.15) is 6.17 Å². The summed E-state index contributed by atoms with van der Waals surface area (Å²) in [4.78, 5) is 17.9. The molecule has 1 saturated heterocycles. The summed E-state index contributed by atoms with van der Waals surface area (Å²) >= 11 is 1.43. The number of rotatable bonds is 7. The minimum atomic E-state index is -3.78.